The fourth-order valence-electron chi connectivity index (χ4n) is 5.96. The predicted molar refractivity (Wildman–Crippen MR) is 158 cm³/mol. The Hall–Kier alpha value is -3.46. The topological polar surface area (TPSA) is 94.6 Å². The van der Waals surface area contributed by atoms with Crippen molar-refractivity contribution in [2.75, 3.05) is 38.0 Å². The second-order valence-corrected chi connectivity index (χ2v) is 13.2. The smallest absolute Gasteiger partial charge is 0.282 e. The highest BCUT2D eigenvalue weighted by Gasteiger charge is 2.38. The summed E-state index contributed by atoms with van der Waals surface area (Å²) >= 11 is 0. The number of carbonyl (C=O) groups is 1. The van der Waals surface area contributed by atoms with Crippen LogP contribution in [0.4, 0.5) is 27.6 Å². The van der Waals surface area contributed by atoms with Crippen LogP contribution in [0, 0.1) is 23.3 Å². The normalized spacial score (nSPS) is 20.6. The average molecular weight is 652 g/mol. The molecule has 0 bridgehead atoms. The molecule has 2 aliphatic heterocycles. The highest BCUT2D eigenvalue weighted by Crippen LogP contribution is 2.31. The van der Waals surface area contributed by atoms with Crippen molar-refractivity contribution in [3.05, 3.63) is 94.8 Å². The van der Waals surface area contributed by atoms with E-state index in [1.807, 2.05) is 0 Å². The SMILES string of the molecule is O=C(C[C@@H](c1ccc(F)cc1)c1cc(F)cc(F)c1)Nc1cncc(F)c1CC[C@H]1CNCCN1S(=O)(=O)N1CCCC(F)C1. The van der Waals surface area contributed by atoms with Crippen LogP contribution in [-0.4, -0.2) is 72.9 Å². The number of hydrogen-bond acceptors (Lipinski definition) is 5. The molecule has 2 aliphatic rings. The number of aromatic nitrogens is 1. The van der Waals surface area contributed by atoms with E-state index < -0.39 is 57.5 Å². The third kappa shape index (κ3) is 8.04. The van der Waals surface area contributed by atoms with Crippen molar-refractivity contribution in [3.8, 4) is 0 Å². The van der Waals surface area contributed by atoms with E-state index in [9.17, 15) is 30.8 Å². The molecule has 45 heavy (non-hydrogen) atoms. The molecule has 2 N–H and O–H groups in total. The van der Waals surface area contributed by atoms with E-state index in [-0.39, 0.29) is 55.7 Å². The van der Waals surface area contributed by atoms with Gasteiger partial charge in [-0.2, -0.15) is 17.0 Å². The molecular formula is C31H34F5N5O3S. The summed E-state index contributed by atoms with van der Waals surface area (Å²) in [4.78, 5) is 17.2. The molecule has 0 radical (unpaired) electrons. The van der Waals surface area contributed by atoms with Gasteiger partial charge in [0, 0.05) is 62.7 Å². The molecule has 2 aromatic carbocycles. The van der Waals surface area contributed by atoms with Gasteiger partial charge in [-0.3, -0.25) is 9.78 Å². The standard InChI is InChI=1S/C31H34F5N5O3S/c32-22-5-3-20(4-6-22)28(21-12-24(34)14-25(35)13-21)15-31(42)39-30-18-38-17-29(36)27(30)8-7-26-16-37-9-11-41(26)45(43,44)40-10-1-2-23(33)19-40/h3-6,12-14,17-18,23,26,28,37H,1-2,7-11,15-16,19H2,(H,39,42)/t23?,26-,28-/m0/s1. The third-order valence-electron chi connectivity index (χ3n) is 8.20. The van der Waals surface area contributed by atoms with E-state index in [1.54, 1.807) is 0 Å². The van der Waals surface area contributed by atoms with E-state index in [1.165, 1.54) is 39.1 Å². The second kappa shape index (κ2) is 14.3. The number of anilines is 1. The fourth-order valence-corrected chi connectivity index (χ4v) is 7.85. The Balaban J connectivity index is 1.33. The van der Waals surface area contributed by atoms with E-state index >= 15 is 4.39 Å². The summed E-state index contributed by atoms with van der Waals surface area (Å²) in [6.07, 6.45) is 1.71. The van der Waals surface area contributed by atoms with Gasteiger partial charge in [-0.15, -0.1) is 0 Å². The molecule has 3 aromatic rings. The number of benzene rings is 2. The fraction of sp³-hybridized carbons (Fsp3) is 0.419. The first-order chi connectivity index (χ1) is 21.5. The number of alkyl halides is 1. The lowest BCUT2D eigenvalue weighted by Crippen LogP contribution is -2.58. The van der Waals surface area contributed by atoms with Gasteiger partial charge in [0.2, 0.25) is 5.91 Å². The van der Waals surface area contributed by atoms with Gasteiger partial charge in [0.25, 0.3) is 10.2 Å². The Kier molecular flexibility index (Phi) is 10.5. The largest absolute Gasteiger partial charge is 0.324 e. The van der Waals surface area contributed by atoms with Gasteiger partial charge >= 0.3 is 0 Å². The van der Waals surface area contributed by atoms with Gasteiger partial charge in [-0.05, 0) is 61.1 Å². The maximum absolute atomic E-state index is 15.1. The number of carbonyl (C=O) groups excluding carboxylic acids is 1. The van der Waals surface area contributed by atoms with Crippen LogP contribution < -0.4 is 10.6 Å². The van der Waals surface area contributed by atoms with E-state index in [2.05, 4.69) is 15.6 Å². The zero-order chi connectivity index (χ0) is 32.1. The Morgan fingerprint density at radius 3 is 2.44 bits per heavy atom. The van der Waals surface area contributed by atoms with Crippen LogP contribution in [-0.2, 0) is 21.4 Å². The maximum Gasteiger partial charge on any atom is 0.282 e. The second-order valence-electron chi connectivity index (χ2n) is 11.3. The van der Waals surface area contributed by atoms with Gasteiger partial charge in [0.05, 0.1) is 18.1 Å². The Morgan fingerprint density at radius 1 is 1.00 bits per heavy atom. The minimum Gasteiger partial charge on any atom is -0.324 e. The lowest BCUT2D eigenvalue weighted by molar-refractivity contribution is -0.116. The van der Waals surface area contributed by atoms with Gasteiger partial charge in [0.1, 0.15) is 29.4 Å². The van der Waals surface area contributed by atoms with Gasteiger partial charge in [0.15, 0.2) is 0 Å². The number of amides is 1. The van der Waals surface area contributed by atoms with Crippen LogP contribution in [0.3, 0.4) is 0 Å². The minimum atomic E-state index is -3.95. The number of nitrogens with zero attached hydrogens (tertiary/aromatic N) is 3. The van der Waals surface area contributed by atoms with E-state index in [0.717, 1.165) is 18.3 Å². The summed E-state index contributed by atoms with van der Waals surface area (Å²) in [7, 11) is -3.95. The summed E-state index contributed by atoms with van der Waals surface area (Å²) in [5.74, 6) is -4.38. The first-order valence-electron chi connectivity index (χ1n) is 14.8. The number of hydrogen-bond donors (Lipinski definition) is 2. The number of rotatable bonds is 10. The van der Waals surface area contributed by atoms with Crippen LogP contribution in [0.5, 0.6) is 0 Å². The minimum absolute atomic E-state index is 0.0462. The van der Waals surface area contributed by atoms with Crippen molar-refractivity contribution in [2.45, 2.75) is 50.2 Å². The molecular weight excluding hydrogens is 617 g/mol. The molecule has 242 valence electrons. The summed E-state index contributed by atoms with van der Waals surface area (Å²) in [5.41, 5.74) is 0.773. The van der Waals surface area contributed by atoms with Gasteiger partial charge in [-0.1, -0.05) is 12.1 Å². The monoisotopic (exact) mass is 651 g/mol. The Morgan fingerprint density at radius 2 is 1.73 bits per heavy atom. The zero-order valence-electron chi connectivity index (χ0n) is 24.4. The van der Waals surface area contributed by atoms with E-state index in [4.69, 9.17) is 0 Å². The van der Waals surface area contributed by atoms with Crippen LogP contribution in [0.25, 0.3) is 0 Å². The summed E-state index contributed by atoms with van der Waals surface area (Å²) in [6, 6.07) is 7.52. The van der Waals surface area contributed by atoms with Crippen LogP contribution in [0.1, 0.15) is 48.3 Å². The summed E-state index contributed by atoms with van der Waals surface area (Å²) in [5, 5.41) is 5.81. The first kappa shape index (κ1) is 32.9. The van der Waals surface area contributed by atoms with Gasteiger partial charge in [-0.25, -0.2) is 22.0 Å². The predicted octanol–water partition coefficient (Wildman–Crippen LogP) is 4.68. The lowest BCUT2D eigenvalue weighted by atomic mass is 9.88. The highest BCUT2D eigenvalue weighted by molar-refractivity contribution is 7.86. The Bertz CT molecular complexity index is 1590. The third-order valence-corrected chi connectivity index (χ3v) is 10.3. The lowest BCUT2D eigenvalue weighted by Gasteiger charge is -2.40. The molecule has 0 saturated carbocycles. The molecule has 1 unspecified atom stereocenters. The molecule has 3 heterocycles. The molecule has 1 amide bonds. The highest BCUT2D eigenvalue weighted by atomic mass is 32.2. The molecule has 8 nitrogen and oxygen atoms in total. The van der Waals surface area contributed by atoms with Crippen molar-refractivity contribution < 1.29 is 35.2 Å². The Labute approximate surface area is 258 Å². The molecule has 5 rings (SSSR count). The van der Waals surface area contributed by atoms with Crippen molar-refractivity contribution in [1.29, 1.82) is 0 Å². The molecule has 3 atom stereocenters. The quantitative estimate of drug-likeness (QED) is 0.311. The maximum atomic E-state index is 15.1. The molecule has 0 aliphatic carbocycles. The molecule has 1 aromatic heterocycles. The molecule has 14 heteroatoms. The number of nitrogens with one attached hydrogen (secondary N) is 2. The first-order valence-corrected chi connectivity index (χ1v) is 16.2. The summed E-state index contributed by atoms with van der Waals surface area (Å²) < 4.78 is 100. The van der Waals surface area contributed by atoms with Crippen LogP contribution >= 0.6 is 0 Å². The number of piperidine rings is 1. The van der Waals surface area contributed by atoms with Crippen molar-refractivity contribution in [3.63, 3.8) is 0 Å². The number of piperazine rings is 1. The number of halogens is 5. The molecule has 2 fully saturated rings. The van der Waals surface area contributed by atoms with Crippen LogP contribution in [0.2, 0.25) is 0 Å². The zero-order valence-corrected chi connectivity index (χ0v) is 25.2. The number of pyridine rings is 1. The van der Waals surface area contributed by atoms with Crippen LogP contribution in [0.15, 0.2) is 54.9 Å². The molecule has 0 spiro atoms. The van der Waals surface area contributed by atoms with Gasteiger partial charge < -0.3 is 10.6 Å². The van der Waals surface area contributed by atoms with Crippen molar-refractivity contribution >= 4 is 21.8 Å². The summed E-state index contributed by atoms with van der Waals surface area (Å²) in [6.45, 7) is 0.932. The average Bonchev–Trinajstić information content (AvgIpc) is 3.00. The van der Waals surface area contributed by atoms with Crippen molar-refractivity contribution in [2.24, 2.45) is 0 Å². The van der Waals surface area contributed by atoms with E-state index in [0.29, 0.717) is 37.6 Å². The molecule has 2 saturated heterocycles. The van der Waals surface area contributed by atoms with Crippen molar-refractivity contribution in [1.82, 2.24) is 18.9 Å².